The summed E-state index contributed by atoms with van der Waals surface area (Å²) in [6, 6.07) is 0. The summed E-state index contributed by atoms with van der Waals surface area (Å²) in [5.74, 6) is 1.01. The van der Waals surface area contributed by atoms with Crippen LogP contribution >= 0.6 is 0 Å². The number of carbonyl (C=O) groups is 1. The molecule has 0 aliphatic heterocycles. The van der Waals surface area contributed by atoms with Gasteiger partial charge in [0.25, 0.3) is 0 Å². The van der Waals surface area contributed by atoms with Crippen LogP contribution in [-0.2, 0) is 4.79 Å². The van der Waals surface area contributed by atoms with Gasteiger partial charge in [-0.1, -0.05) is 25.7 Å². The Morgan fingerprint density at radius 3 is 2.38 bits per heavy atom. The molecule has 2 fully saturated rings. The summed E-state index contributed by atoms with van der Waals surface area (Å²) < 4.78 is 0. The second-order valence-corrected chi connectivity index (χ2v) is 4.65. The highest BCUT2D eigenvalue weighted by Crippen LogP contribution is 2.42. The van der Waals surface area contributed by atoms with Crippen molar-refractivity contribution in [2.75, 3.05) is 0 Å². The lowest BCUT2D eigenvalue weighted by Crippen LogP contribution is -2.31. The second kappa shape index (κ2) is 3.69. The Morgan fingerprint density at radius 1 is 1.00 bits per heavy atom. The van der Waals surface area contributed by atoms with Crippen molar-refractivity contribution in [3.63, 3.8) is 0 Å². The molecule has 2 aliphatic rings. The summed E-state index contributed by atoms with van der Waals surface area (Å²) in [7, 11) is 0. The van der Waals surface area contributed by atoms with Crippen molar-refractivity contribution in [1.29, 1.82) is 0 Å². The molecular weight excluding hydrogens is 164 g/mol. The first-order valence-corrected chi connectivity index (χ1v) is 5.50. The van der Waals surface area contributed by atoms with E-state index in [2.05, 4.69) is 0 Å². The molecule has 2 aliphatic carbocycles. The van der Waals surface area contributed by atoms with E-state index in [1.807, 2.05) is 0 Å². The van der Waals surface area contributed by atoms with Gasteiger partial charge in [-0.15, -0.1) is 0 Å². The van der Waals surface area contributed by atoms with Crippen molar-refractivity contribution < 1.29 is 9.90 Å². The molecule has 1 unspecified atom stereocenters. The molecule has 0 heterocycles. The van der Waals surface area contributed by atoms with Crippen LogP contribution in [-0.4, -0.2) is 11.1 Å². The smallest absolute Gasteiger partial charge is 0.306 e. The van der Waals surface area contributed by atoms with Crippen LogP contribution in [0.25, 0.3) is 0 Å². The Bertz CT molecular complexity index is 200. The third kappa shape index (κ3) is 1.87. The molecule has 13 heavy (non-hydrogen) atoms. The van der Waals surface area contributed by atoms with Crippen LogP contribution < -0.4 is 0 Å². The summed E-state index contributed by atoms with van der Waals surface area (Å²) in [5.41, 5.74) is 0. The summed E-state index contributed by atoms with van der Waals surface area (Å²) in [5, 5.41) is 8.93. The molecular formula is C11H18O2. The van der Waals surface area contributed by atoms with Crippen LogP contribution in [0.5, 0.6) is 0 Å². The first-order valence-electron chi connectivity index (χ1n) is 5.50. The minimum absolute atomic E-state index is 0.0284. The van der Waals surface area contributed by atoms with Crippen molar-refractivity contribution >= 4 is 5.97 Å². The summed E-state index contributed by atoms with van der Waals surface area (Å²) >= 11 is 0. The molecule has 74 valence electrons. The van der Waals surface area contributed by atoms with E-state index in [-0.39, 0.29) is 5.92 Å². The van der Waals surface area contributed by atoms with Crippen LogP contribution in [0.2, 0.25) is 0 Å². The van der Waals surface area contributed by atoms with Gasteiger partial charge in [0.1, 0.15) is 0 Å². The van der Waals surface area contributed by atoms with Crippen LogP contribution in [0.1, 0.15) is 44.9 Å². The molecule has 0 amide bonds. The van der Waals surface area contributed by atoms with Gasteiger partial charge in [-0.05, 0) is 31.1 Å². The van der Waals surface area contributed by atoms with Gasteiger partial charge in [-0.25, -0.2) is 0 Å². The van der Waals surface area contributed by atoms with E-state index < -0.39 is 5.97 Å². The lowest BCUT2D eigenvalue weighted by Gasteiger charge is -2.37. The Hall–Kier alpha value is -0.530. The maximum absolute atomic E-state index is 10.8. The van der Waals surface area contributed by atoms with Gasteiger partial charge in [0, 0.05) is 0 Å². The third-order valence-electron chi connectivity index (χ3n) is 3.89. The predicted molar refractivity (Wildman–Crippen MR) is 50.4 cm³/mol. The number of fused-ring (bicyclic) bond motifs is 1. The van der Waals surface area contributed by atoms with Crippen molar-refractivity contribution in [2.45, 2.75) is 44.9 Å². The van der Waals surface area contributed by atoms with Crippen LogP contribution in [0, 0.1) is 17.8 Å². The number of carboxylic acids is 1. The number of aliphatic carboxylic acids is 1. The Morgan fingerprint density at radius 2 is 1.69 bits per heavy atom. The molecule has 1 N–H and O–H groups in total. The highest BCUT2D eigenvalue weighted by atomic mass is 16.4. The zero-order chi connectivity index (χ0) is 9.26. The average molecular weight is 182 g/mol. The van der Waals surface area contributed by atoms with E-state index in [0.717, 1.165) is 24.7 Å². The summed E-state index contributed by atoms with van der Waals surface area (Å²) in [6.07, 6.45) is 8.40. The molecule has 2 nitrogen and oxygen atoms in total. The number of rotatable bonds is 1. The van der Waals surface area contributed by atoms with Crippen LogP contribution in [0.4, 0.5) is 0 Å². The van der Waals surface area contributed by atoms with Gasteiger partial charge < -0.3 is 5.11 Å². The Balaban J connectivity index is 1.95. The molecule has 0 saturated heterocycles. The standard InChI is InChI=1S/C11H18O2/c12-11(13)10-6-5-8-3-1-2-4-9(8)7-10/h8-10H,1-7H2,(H,12,13)/t8-,9-,10?/m0/s1. The van der Waals surface area contributed by atoms with Crippen molar-refractivity contribution in [2.24, 2.45) is 17.8 Å². The first-order chi connectivity index (χ1) is 6.27. The van der Waals surface area contributed by atoms with Crippen molar-refractivity contribution in [3.05, 3.63) is 0 Å². The lowest BCUT2D eigenvalue weighted by molar-refractivity contribution is -0.144. The second-order valence-electron chi connectivity index (χ2n) is 4.65. The molecule has 0 aromatic heterocycles. The third-order valence-corrected chi connectivity index (χ3v) is 3.89. The average Bonchev–Trinajstić information content (AvgIpc) is 2.17. The maximum Gasteiger partial charge on any atom is 0.306 e. The highest BCUT2D eigenvalue weighted by molar-refractivity contribution is 5.70. The SMILES string of the molecule is O=C(O)C1CC[C@@H]2CCCC[C@H]2C1. The van der Waals surface area contributed by atoms with E-state index in [9.17, 15) is 4.79 Å². The Labute approximate surface area is 79.3 Å². The molecule has 2 rings (SSSR count). The van der Waals surface area contributed by atoms with Crippen LogP contribution in [0.3, 0.4) is 0 Å². The fraction of sp³-hybridized carbons (Fsp3) is 0.909. The van der Waals surface area contributed by atoms with Gasteiger partial charge in [0.15, 0.2) is 0 Å². The zero-order valence-corrected chi connectivity index (χ0v) is 8.04. The predicted octanol–water partition coefficient (Wildman–Crippen LogP) is 2.68. The van der Waals surface area contributed by atoms with E-state index in [4.69, 9.17) is 5.11 Å². The van der Waals surface area contributed by atoms with Crippen molar-refractivity contribution in [3.8, 4) is 0 Å². The number of hydrogen-bond donors (Lipinski definition) is 1. The molecule has 3 atom stereocenters. The fourth-order valence-corrected chi connectivity index (χ4v) is 3.10. The molecule has 0 spiro atoms. The molecule has 0 aromatic carbocycles. The number of hydrogen-bond acceptors (Lipinski definition) is 1. The summed E-state index contributed by atoms with van der Waals surface area (Å²) in [6.45, 7) is 0. The van der Waals surface area contributed by atoms with E-state index >= 15 is 0 Å². The van der Waals surface area contributed by atoms with Gasteiger partial charge in [-0.2, -0.15) is 0 Å². The monoisotopic (exact) mass is 182 g/mol. The van der Waals surface area contributed by atoms with E-state index in [1.54, 1.807) is 0 Å². The fourth-order valence-electron chi connectivity index (χ4n) is 3.10. The highest BCUT2D eigenvalue weighted by Gasteiger charge is 2.34. The van der Waals surface area contributed by atoms with Crippen molar-refractivity contribution in [1.82, 2.24) is 0 Å². The largest absolute Gasteiger partial charge is 0.481 e. The maximum atomic E-state index is 10.8. The lowest BCUT2D eigenvalue weighted by atomic mass is 9.67. The van der Waals surface area contributed by atoms with Gasteiger partial charge >= 0.3 is 5.97 Å². The topological polar surface area (TPSA) is 37.3 Å². The van der Waals surface area contributed by atoms with Gasteiger partial charge in [0.2, 0.25) is 0 Å². The zero-order valence-electron chi connectivity index (χ0n) is 8.04. The molecule has 2 saturated carbocycles. The summed E-state index contributed by atoms with van der Waals surface area (Å²) in [4.78, 5) is 10.8. The van der Waals surface area contributed by atoms with Crippen LogP contribution in [0.15, 0.2) is 0 Å². The van der Waals surface area contributed by atoms with E-state index in [0.29, 0.717) is 0 Å². The van der Waals surface area contributed by atoms with Gasteiger partial charge in [0.05, 0.1) is 5.92 Å². The quantitative estimate of drug-likeness (QED) is 0.677. The minimum Gasteiger partial charge on any atom is -0.481 e. The van der Waals surface area contributed by atoms with Gasteiger partial charge in [-0.3, -0.25) is 4.79 Å². The molecule has 0 aromatic rings. The number of carboxylic acid groups (broad SMARTS) is 1. The Kier molecular flexibility index (Phi) is 2.56. The molecule has 0 bridgehead atoms. The van der Waals surface area contributed by atoms with E-state index in [1.165, 1.54) is 32.1 Å². The normalized spacial score (nSPS) is 39.5. The molecule has 0 radical (unpaired) electrons. The first kappa shape index (κ1) is 9.04. The molecule has 2 heteroatoms. The minimum atomic E-state index is -0.566.